The van der Waals surface area contributed by atoms with Crippen LogP contribution in [0.5, 0.6) is 5.75 Å². The van der Waals surface area contributed by atoms with E-state index in [4.69, 9.17) is 9.47 Å². The molecule has 2 atom stereocenters. The Hall–Kier alpha value is -2.08. The number of carbonyl (C=O) groups excluding carboxylic acids is 2. The van der Waals surface area contributed by atoms with Gasteiger partial charge < -0.3 is 24.7 Å². The van der Waals surface area contributed by atoms with Gasteiger partial charge in [-0.3, -0.25) is 4.79 Å². The minimum Gasteiger partial charge on any atom is -0.550 e. The van der Waals surface area contributed by atoms with Gasteiger partial charge in [-0.25, -0.2) is 0 Å². The molecule has 1 amide bonds. The number of benzene rings is 1. The lowest BCUT2D eigenvalue weighted by atomic mass is 9.95. The third-order valence-electron chi connectivity index (χ3n) is 3.57. The van der Waals surface area contributed by atoms with E-state index in [0.717, 1.165) is 6.42 Å². The van der Waals surface area contributed by atoms with Crippen molar-refractivity contribution in [3.05, 3.63) is 24.3 Å². The molecule has 0 bridgehead atoms. The van der Waals surface area contributed by atoms with Gasteiger partial charge in [0.1, 0.15) is 5.75 Å². The molecule has 0 aromatic heterocycles. The zero-order valence-corrected chi connectivity index (χ0v) is 12.5. The summed E-state index contributed by atoms with van der Waals surface area (Å²) in [5, 5.41) is 13.6. The van der Waals surface area contributed by atoms with Crippen molar-refractivity contribution in [2.75, 3.05) is 18.5 Å². The van der Waals surface area contributed by atoms with Crippen molar-refractivity contribution in [2.45, 2.75) is 32.3 Å². The van der Waals surface area contributed by atoms with Gasteiger partial charge in [0.25, 0.3) is 0 Å². The second-order valence-corrected chi connectivity index (χ2v) is 5.18. The molecule has 1 heterocycles. The Kier molecular flexibility index (Phi) is 5.77. The van der Waals surface area contributed by atoms with Crippen molar-refractivity contribution in [2.24, 2.45) is 5.92 Å². The number of carbonyl (C=O) groups is 2. The predicted molar refractivity (Wildman–Crippen MR) is 78.3 cm³/mol. The molecule has 1 fully saturated rings. The van der Waals surface area contributed by atoms with E-state index >= 15 is 0 Å². The maximum absolute atomic E-state index is 12.3. The lowest BCUT2D eigenvalue weighted by molar-refractivity contribution is -0.307. The van der Waals surface area contributed by atoms with E-state index in [1.165, 1.54) is 0 Å². The fourth-order valence-corrected chi connectivity index (χ4v) is 2.53. The third kappa shape index (κ3) is 4.46. The summed E-state index contributed by atoms with van der Waals surface area (Å²) in [6, 6.07) is 6.93. The highest BCUT2D eigenvalue weighted by Gasteiger charge is 2.31. The molecule has 6 heteroatoms. The minimum absolute atomic E-state index is 0.340. The smallest absolute Gasteiger partial charge is 0.230 e. The first-order valence-corrected chi connectivity index (χ1v) is 7.45. The van der Waals surface area contributed by atoms with Crippen molar-refractivity contribution >= 4 is 17.6 Å². The summed E-state index contributed by atoms with van der Waals surface area (Å²) in [5.41, 5.74) is 0.592. The Morgan fingerprint density at radius 2 is 2.14 bits per heavy atom. The molecule has 0 unspecified atom stereocenters. The molecule has 1 N–H and O–H groups in total. The highest BCUT2D eigenvalue weighted by atomic mass is 16.5. The highest BCUT2D eigenvalue weighted by Crippen LogP contribution is 2.25. The van der Waals surface area contributed by atoms with E-state index in [1.807, 2.05) is 6.92 Å². The number of carboxylic acids is 1. The van der Waals surface area contributed by atoms with Gasteiger partial charge in [-0.05, 0) is 44.0 Å². The fourth-order valence-electron chi connectivity index (χ4n) is 2.53. The van der Waals surface area contributed by atoms with Crippen LogP contribution >= 0.6 is 0 Å². The number of hydrogen-bond acceptors (Lipinski definition) is 5. The van der Waals surface area contributed by atoms with Crippen LogP contribution in [0.15, 0.2) is 24.3 Å². The molecule has 6 nitrogen and oxygen atoms in total. The van der Waals surface area contributed by atoms with Crippen molar-refractivity contribution in [1.82, 2.24) is 0 Å². The molecule has 1 aromatic rings. The number of anilines is 1. The molecule has 0 aliphatic carbocycles. The lowest BCUT2D eigenvalue weighted by Gasteiger charge is -2.22. The summed E-state index contributed by atoms with van der Waals surface area (Å²) in [7, 11) is 0. The molecule has 0 radical (unpaired) electrons. The van der Waals surface area contributed by atoms with Gasteiger partial charge in [-0.15, -0.1) is 0 Å². The number of amides is 1. The summed E-state index contributed by atoms with van der Waals surface area (Å²) in [4.78, 5) is 23.2. The Bertz CT molecular complexity index is 508. The van der Waals surface area contributed by atoms with Crippen LogP contribution in [0, 0.1) is 5.92 Å². The largest absolute Gasteiger partial charge is 0.550 e. The van der Waals surface area contributed by atoms with Gasteiger partial charge in [0.15, 0.2) is 0 Å². The number of nitrogens with one attached hydrogen (secondary N) is 1. The molecule has 1 saturated heterocycles. The summed E-state index contributed by atoms with van der Waals surface area (Å²) >= 11 is 0. The van der Waals surface area contributed by atoms with Crippen LogP contribution < -0.4 is 15.2 Å². The van der Waals surface area contributed by atoms with Crippen molar-refractivity contribution in [3.63, 3.8) is 0 Å². The molecule has 22 heavy (non-hydrogen) atoms. The Morgan fingerprint density at radius 1 is 1.41 bits per heavy atom. The molecule has 120 valence electrons. The quantitative estimate of drug-likeness (QED) is 0.810. The first-order chi connectivity index (χ1) is 10.6. The van der Waals surface area contributed by atoms with Crippen LogP contribution in [-0.4, -0.2) is 31.2 Å². The maximum Gasteiger partial charge on any atom is 0.230 e. The van der Waals surface area contributed by atoms with Crippen LogP contribution in [-0.2, 0) is 14.3 Å². The van der Waals surface area contributed by atoms with Crippen molar-refractivity contribution in [1.29, 1.82) is 0 Å². The maximum atomic E-state index is 12.3. The SMILES string of the molecule is CCOc1ccc(NC(=O)[C@@H](CC(=O)[O-])[C@H]2CCCO2)cc1. The average molecular weight is 306 g/mol. The molecule has 1 aliphatic heterocycles. The van der Waals surface area contributed by atoms with Crippen LogP contribution in [0.4, 0.5) is 5.69 Å². The van der Waals surface area contributed by atoms with Gasteiger partial charge in [0.05, 0.1) is 18.6 Å². The molecular formula is C16H20NO5-. The van der Waals surface area contributed by atoms with E-state index in [1.54, 1.807) is 24.3 Å². The molecule has 2 rings (SSSR count). The van der Waals surface area contributed by atoms with E-state index in [2.05, 4.69) is 5.32 Å². The zero-order chi connectivity index (χ0) is 15.9. The zero-order valence-electron chi connectivity index (χ0n) is 12.5. The van der Waals surface area contributed by atoms with Gasteiger partial charge in [-0.1, -0.05) is 0 Å². The minimum atomic E-state index is -1.25. The van der Waals surface area contributed by atoms with Gasteiger partial charge in [0, 0.05) is 24.7 Å². The highest BCUT2D eigenvalue weighted by molar-refractivity contribution is 5.94. The summed E-state index contributed by atoms with van der Waals surface area (Å²) in [5.74, 6) is -1.63. The first kappa shape index (κ1) is 16.3. The van der Waals surface area contributed by atoms with Crippen LogP contribution in [0.3, 0.4) is 0 Å². The molecule has 1 aliphatic rings. The average Bonchev–Trinajstić information content (AvgIpc) is 3.01. The lowest BCUT2D eigenvalue weighted by Crippen LogP contribution is -2.38. The summed E-state index contributed by atoms with van der Waals surface area (Å²) in [6.07, 6.45) is 0.827. The van der Waals surface area contributed by atoms with E-state index in [9.17, 15) is 14.7 Å². The van der Waals surface area contributed by atoms with Gasteiger partial charge in [0.2, 0.25) is 5.91 Å². The molecular weight excluding hydrogens is 286 g/mol. The molecule has 1 aromatic carbocycles. The number of rotatable bonds is 7. The van der Waals surface area contributed by atoms with Crippen LogP contribution in [0.2, 0.25) is 0 Å². The number of hydrogen-bond donors (Lipinski definition) is 1. The molecule has 0 spiro atoms. The standard InChI is InChI=1S/C16H21NO5/c1-2-21-12-7-5-11(6-8-12)17-16(20)13(10-15(18)19)14-4-3-9-22-14/h5-8,13-14H,2-4,9-10H2,1H3,(H,17,20)(H,18,19)/p-1/t13-,14+/m0/s1. The molecule has 0 saturated carbocycles. The Balaban J connectivity index is 2.01. The van der Waals surface area contributed by atoms with Crippen molar-refractivity contribution in [3.8, 4) is 5.75 Å². The van der Waals surface area contributed by atoms with Gasteiger partial charge in [-0.2, -0.15) is 0 Å². The van der Waals surface area contributed by atoms with Crippen LogP contribution in [0.1, 0.15) is 26.2 Å². The Labute approximate surface area is 129 Å². The van der Waals surface area contributed by atoms with E-state index in [-0.39, 0.29) is 18.4 Å². The van der Waals surface area contributed by atoms with Gasteiger partial charge >= 0.3 is 0 Å². The first-order valence-electron chi connectivity index (χ1n) is 7.45. The Morgan fingerprint density at radius 3 is 2.68 bits per heavy atom. The summed E-state index contributed by atoms with van der Waals surface area (Å²) < 4.78 is 10.8. The predicted octanol–water partition coefficient (Wildman–Crippen LogP) is 0.959. The fraction of sp³-hybridized carbons (Fsp3) is 0.500. The second kappa shape index (κ2) is 7.79. The number of ether oxygens (including phenoxy) is 2. The number of carboxylic acid groups (broad SMARTS) is 1. The second-order valence-electron chi connectivity index (χ2n) is 5.18. The monoisotopic (exact) mass is 306 g/mol. The topological polar surface area (TPSA) is 87.7 Å². The van der Waals surface area contributed by atoms with Crippen LogP contribution in [0.25, 0.3) is 0 Å². The van der Waals surface area contributed by atoms with E-state index in [0.29, 0.717) is 31.1 Å². The van der Waals surface area contributed by atoms with E-state index < -0.39 is 11.9 Å². The normalized spacial score (nSPS) is 18.7. The number of aliphatic carboxylic acids is 1. The third-order valence-corrected chi connectivity index (χ3v) is 3.57. The summed E-state index contributed by atoms with van der Waals surface area (Å²) in [6.45, 7) is 3.02. The van der Waals surface area contributed by atoms with Crippen molar-refractivity contribution < 1.29 is 24.2 Å².